The molecule has 0 amide bonds. The lowest BCUT2D eigenvalue weighted by Gasteiger charge is -2.01. The number of hydrogen-bond donors (Lipinski definition) is 1. The van der Waals surface area contributed by atoms with Gasteiger partial charge in [-0.1, -0.05) is 12.1 Å². The summed E-state index contributed by atoms with van der Waals surface area (Å²) in [5.74, 6) is 0. The summed E-state index contributed by atoms with van der Waals surface area (Å²) in [6, 6.07) is 8.53. The molecular weight excluding hydrogens is 160 g/mol. The summed E-state index contributed by atoms with van der Waals surface area (Å²) in [5, 5.41) is 1.33. The molecule has 0 unspecified atom stereocenters. The summed E-state index contributed by atoms with van der Waals surface area (Å²) in [6.07, 6.45) is 3.05. The minimum atomic E-state index is 0.716. The van der Waals surface area contributed by atoms with E-state index in [2.05, 4.69) is 42.1 Å². The van der Waals surface area contributed by atoms with Gasteiger partial charge in [0, 0.05) is 24.1 Å². The van der Waals surface area contributed by atoms with Crippen LogP contribution in [-0.2, 0) is 13.5 Å². The molecule has 0 fully saturated rings. The topological polar surface area (TPSA) is 30.9 Å². The van der Waals surface area contributed by atoms with Gasteiger partial charge in [-0.2, -0.15) is 0 Å². The third kappa shape index (κ3) is 1.33. The molecule has 0 spiro atoms. The molecule has 0 atom stereocenters. The van der Waals surface area contributed by atoms with Crippen molar-refractivity contribution < 1.29 is 0 Å². The maximum absolute atomic E-state index is 5.55. The molecule has 0 saturated heterocycles. The molecular formula is C11H14N2. The van der Waals surface area contributed by atoms with Crippen LogP contribution in [0.5, 0.6) is 0 Å². The van der Waals surface area contributed by atoms with Crippen LogP contribution in [0.3, 0.4) is 0 Å². The van der Waals surface area contributed by atoms with E-state index in [0.29, 0.717) is 6.54 Å². The van der Waals surface area contributed by atoms with Gasteiger partial charge in [0.25, 0.3) is 0 Å². The second-order valence-electron chi connectivity index (χ2n) is 3.32. The molecule has 0 aliphatic rings. The number of nitrogens with zero attached hydrogens (tertiary/aromatic N) is 1. The first-order valence-electron chi connectivity index (χ1n) is 4.56. The Morgan fingerprint density at radius 2 is 2.15 bits per heavy atom. The van der Waals surface area contributed by atoms with Gasteiger partial charge in [0.05, 0.1) is 0 Å². The SMILES string of the molecule is Cn1ccc2c(CCN)cccc21. The Hall–Kier alpha value is -1.28. The van der Waals surface area contributed by atoms with E-state index in [1.54, 1.807) is 0 Å². The van der Waals surface area contributed by atoms with E-state index in [9.17, 15) is 0 Å². The number of hydrogen-bond acceptors (Lipinski definition) is 1. The van der Waals surface area contributed by atoms with Crippen molar-refractivity contribution in [2.75, 3.05) is 6.54 Å². The van der Waals surface area contributed by atoms with Crippen LogP contribution in [0, 0.1) is 0 Å². The van der Waals surface area contributed by atoms with E-state index in [1.807, 2.05) is 0 Å². The first-order chi connectivity index (χ1) is 6.33. The van der Waals surface area contributed by atoms with E-state index < -0.39 is 0 Å². The van der Waals surface area contributed by atoms with Crippen LogP contribution in [0.1, 0.15) is 5.56 Å². The Bertz CT molecular complexity index is 415. The number of nitrogens with two attached hydrogens (primary N) is 1. The monoisotopic (exact) mass is 174 g/mol. The molecule has 2 nitrogen and oxygen atoms in total. The molecule has 0 aliphatic carbocycles. The van der Waals surface area contributed by atoms with Crippen molar-refractivity contribution in [2.45, 2.75) is 6.42 Å². The normalized spacial score (nSPS) is 10.9. The van der Waals surface area contributed by atoms with Gasteiger partial charge >= 0.3 is 0 Å². The van der Waals surface area contributed by atoms with E-state index >= 15 is 0 Å². The molecule has 1 aromatic heterocycles. The molecule has 2 heteroatoms. The van der Waals surface area contributed by atoms with Gasteiger partial charge in [-0.25, -0.2) is 0 Å². The molecule has 0 bridgehead atoms. The summed E-state index contributed by atoms with van der Waals surface area (Å²) in [6.45, 7) is 0.716. The van der Waals surface area contributed by atoms with Gasteiger partial charge in [0.15, 0.2) is 0 Å². The molecule has 0 saturated carbocycles. The highest BCUT2D eigenvalue weighted by atomic mass is 14.9. The maximum atomic E-state index is 5.55. The van der Waals surface area contributed by atoms with Crippen LogP contribution in [-0.4, -0.2) is 11.1 Å². The smallest absolute Gasteiger partial charge is 0.0480 e. The molecule has 2 N–H and O–H groups in total. The maximum Gasteiger partial charge on any atom is 0.0480 e. The first kappa shape index (κ1) is 8.32. The zero-order chi connectivity index (χ0) is 9.26. The van der Waals surface area contributed by atoms with E-state index in [-0.39, 0.29) is 0 Å². The van der Waals surface area contributed by atoms with Gasteiger partial charge in [0.1, 0.15) is 0 Å². The van der Waals surface area contributed by atoms with E-state index in [4.69, 9.17) is 5.73 Å². The lowest BCUT2D eigenvalue weighted by Crippen LogP contribution is -2.02. The van der Waals surface area contributed by atoms with Crippen molar-refractivity contribution in [1.82, 2.24) is 4.57 Å². The van der Waals surface area contributed by atoms with Crippen LogP contribution < -0.4 is 5.73 Å². The van der Waals surface area contributed by atoms with Gasteiger partial charge in [0.2, 0.25) is 0 Å². The molecule has 0 radical (unpaired) electrons. The van der Waals surface area contributed by atoms with Gasteiger partial charge in [-0.3, -0.25) is 0 Å². The van der Waals surface area contributed by atoms with Crippen LogP contribution in [0.4, 0.5) is 0 Å². The summed E-state index contributed by atoms with van der Waals surface area (Å²) < 4.78 is 2.13. The van der Waals surface area contributed by atoms with Crippen LogP contribution in [0.2, 0.25) is 0 Å². The summed E-state index contributed by atoms with van der Waals surface area (Å²) in [4.78, 5) is 0. The van der Waals surface area contributed by atoms with Crippen LogP contribution >= 0.6 is 0 Å². The Morgan fingerprint density at radius 3 is 2.92 bits per heavy atom. The average molecular weight is 174 g/mol. The molecule has 2 aromatic rings. The Kier molecular flexibility index (Phi) is 2.07. The van der Waals surface area contributed by atoms with Crippen LogP contribution in [0.15, 0.2) is 30.5 Å². The predicted octanol–water partition coefficient (Wildman–Crippen LogP) is 1.68. The lowest BCUT2D eigenvalue weighted by atomic mass is 10.1. The minimum Gasteiger partial charge on any atom is -0.351 e. The van der Waals surface area contributed by atoms with E-state index in [0.717, 1.165) is 6.42 Å². The predicted molar refractivity (Wildman–Crippen MR) is 55.7 cm³/mol. The number of fused-ring (bicyclic) bond motifs is 1. The number of aryl methyl sites for hydroxylation is 1. The van der Waals surface area contributed by atoms with Crippen molar-refractivity contribution in [1.29, 1.82) is 0 Å². The third-order valence-electron chi connectivity index (χ3n) is 2.43. The molecule has 68 valence electrons. The molecule has 1 aromatic carbocycles. The zero-order valence-electron chi connectivity index (χ0n) is 7.83. The number of benzene rings is 1. The summed E-state index contributed by atoms with van der Waals surface area (Å²) in [7, 11) is 2.06. The van der Waals surface area contributed by atoms with Crippen molar-refractivity contribution >= 4 is 10.9 Å². The molecule has 13 heavy (non-hydrogen) atoms. The summed E-state index contributed by atoms with van der Waals surface area (Å²) >= 11 is 0. The summed E-state index contributed by atoms with van der Waals surface area (Å²) in [5.41, 5.74) is 8.18. The molecule has 0 aliphatic heterocycles. The minimum absolute atomic E-state index is 0.716. The number of aromatic nitrogens is 1. The third-order valence-corrected chi connectivity index (χ3v) is 2.43. The van der Waals surface area contributed by atoms with Gasteiger partial charge < -0.3 is 10.3 Å². The van der Waals surface area contributed by atoms with E-state index in [1.165, 1.54) is 16.5 Å². The van der Waals surface area contributed by atoms with Crippen molar-refractivity contribution in [3.8, 4) is 0 Å². The van der Waals surface area contributed by atoms with Gasteiger partial charge in [-0.05, 0) is 30.7 Å². The van der Waals surface area contributed by atoms with Crippen LogP contribution in [0.25, 0.3) is 10.9 Å². The first-order valence-corrected chi connectivity index (χ1v) is 4.56. The molecule has 2 rings (SSSR count). The second-order valence-corrected chi connectivity index (χ2v) is 3.32. The average Bonchev–Trinajstić information content (AvgIpc) is 2.50. The Morgan fingerprint density at radius 1 is 1.31 bits per heavy atom. The molecule has 1 heterocycles. The fourth-order valence-corrected chi connectivity index (χ4v) is 1.74. The Balaban J connectivity index is 2.63. The zero-order valence-corrected chi connectivity index (χ0v) is 7.83. The highest BCUT2D eigenvalue weighted by Crippen LogP contribution is 2.19. The standard InChI is InChI=1S/C11H14N2/c1-13-8-6-10-9(5-7-12)3-2-4-11(10)13/h2-4,6,8H,5,7,12H2,1H3. The fraction of sp³-hybridized carbons (Fsp3) is 0.273. The van der Waals surface area contributed by atoms with Gasteiger partial charge in [-0.15, -0.1) is 0 Å². The largest absolute Gasteiger partial charge is 0.351 e. The van der Waals surface area contributed by atoms with Crippen molar-refractivity contribution in [3.05, 3.63) is 36.0 Å². The van der Waals surface area contributed by atoms with Crippen molar-refractivity contribution in [3.63, 3.8) is 0 Å². The number of rotatable bonds is 2. The highest BCUT2D eigenvalue weighted by Gasteiger charge is 2.01. The second kappa shape index (κ2) is 3.23. The Labute approximate surface area is 78.0 Å². The quantitative estimate of drug-likeness (QED) is 0.737. The lowest BCUT2D eigenvalue weighted by molar-refractivity contribution is 0.963. The van der Waals surface area contributed by atoms with Crippen molar-refractivity contribution in [2.24, 2.45) is 12.8 Å². The highest BCUT2D eigenvalue weighted by molar-refractivity contribution is 5.83. The fourth-order valence-electron chi connectivity index (χ4n) is 1.74.